The van der Waals surface area contributed by atoms with Crippen LogP contribution in [-0.2, 0) is 25.7 Å². The first-order valence-corrected chi connectivity index (χ1v) is 13.6. The molecule has 1 aromatic heterocycles. The largest absolute Gasteiger partial charge is 0.385 e. The molecule has 11 heteroatoms. The Bertz CT molecular complexity index is 1160. The summed E-state index contributed by atoms with van der Waals surface area (Å²) in [6, 6.07) is 10.5. The third kappa shape index (κ3) is 6.03. The number of hydrogen-bond donors (Lipinski definition) is 2. The molecule has 36 heavy (non-hydrogen) atoms. The maximum absolute atomic E-state index is 13.0. The number of amides is 3. The van der Waals surface area contributed by atoms with Gasteiger partial charge in [-0.2, -0.15) is 4.99 Å². The summed E-state index contributed by atoms with van der Waals surface area (Å²) in [5.74, 6) is -0.267. The molecule has 9 nitrogen and oxygen atoms in total. The average molecular weight is 528 g/mol. The molecule has 4 rings (SSSR count). The van der Waals surface area contributed by atoms with E-state index in [9.17, 15) is 14.4 Å². The van der Waals surface area contributed by atoms with Crippen LogP contribution in [0.5, 0.6) is 0 Å². The number of thiophene rings is 1. The summed E-state index contributed by atoms with van der Waals surface area (Å²) >= 11 is 2.85. The molecule has 0 aliphatic carbocycles. The van der Waals surface area contributed by atoms with Crippen molar-refractivity contribution in [1.82, 2.24) is 15.5 Å². The number of para-hydroxylation sites is 1. The molecule has 1 aromatic carbocycles. The van der Waals surface area contributed by atoms with Gasteiger partial charge < -0.3 is 15.4 Å². The van der Waals surface area contributed by atoms with Crippen LogP contribution in [0.15, 0.2) is 51.8 Å². The highest BCUT2D eigenvalue weighted by Gasteiger charge is 2.43. The van der Waals surface area contributed by atoms with Crippen LogP contribution in [0.25, 0.3) is 0 Å². The second kappa shape index (κ2) is 12.3. The van der Waals surface area contributed by atoms with Crippen molar-refractivity contribution >= 4 is 57.5 Å². The van der Waals surface area contributed by atoms with Gasteiger partial charge in [0.1, 0.15) is 11.9 Å². The molecule has 0 fully saturated rings. The van der Waals surface area contributed by atoms with Gasteiger partial charge in [0.2, 0.25) is 11.8 Å². The predicted octanol–water partition coefficient (Wildman–Crippen LogP) is 3.08. The van der Waals surface area contributed by atoms with Crippen molar-refractivity contribution in [2.24, 2.45) is 9.98 Å². The van der Waals surface area contributed by atoms with Crippen LogP contribution >= 0.6 is 23.1 Å². The SMILES string of the molecule is CCC(SC1=Nc2ccccc2C2=NC(=O)C(CC(=O)NCc3cccs3)N12)C(=O)NCCCOC. The zero-order valence-electron chi connectivity index (χ0n) is 20.2. The number of methoxy groups -OCH3 is 1. The van der Waals surface area contributed by atoms with Gasteiger partial charge in [-0.3, -0.25) is 19.3 Å². The van der Waals surface area contributed by atoms with E-state index in [1.807, 2.05) is 48.7 Å². The Balaban J connectivity index is 1.52. The van der Waals surface area contributed by atoms with Crippen LogP contribution < -0.4 is 10.6 Å². The highest BCUT2D eigenvalue weighted by molar-refractivity contribution is 8.15. The molecule has 2 atom stereocenters. The first-order valence-electron chi connectivity index (χ1n) is 11.8. The summed E-state index contributed by atoms with van der Waals surface area (Å²) in [6.45, 7) is 3.43. The maximum atomic E-state index is 13.0. The average Bonchev–Trinajstić information content (AvgIpc) is 3.52. The zero-order chi connectivity index (χ0) is 25.5. The van der Waals surface area contributed by atoms with E-state index < -0.39 is 17.2 Å². The summed E-state index contributed by atoms with van der Waals surface area (Å²) in [6.07, 6.45) is 1.23. The number of benzene rings is 1. The molecule has 0 saturated heterocycles. The van der Waals surface area contributed by atoms with E-state index in [1.165, 1.54) is 11.8 Å². The van der Waals surface area contributed by atoms with Crippen molar-refractivity contribution in [3.8, 4) is 0 Å². The fourth-order valence-corrected chi connectivity index (χ4v) is 5.66. The Morgan fingerprint density at radius 3 is 2.78 bits per heavy atom. The molecular formula is C25H29N5O4S2. The Labute approximate surface area is 218 Å². The molecule has 2 aliphatic heterocycles. The normalized spacial score (nSPS) is 17.1. The summed E-state index contributed by atoms with van der Waals surface area (Å²) in [4.78, 5) is 50.5. The molecule has 2 aromatic rings. The number of amidine groups is 2. The summed E-state index contributed by atoms with van der Waals surface area (Å²) in [5.41, 5.74) is 1.41. The number of thioether (sulfide) groups is 1. The van der Waals surface area contributed by atoms with Gasteiger partial charge in [0.15, 0.2) is 5.17 Å². The van der Waals surface area contributed by atoms with Crippen molar-refractivity contribution in [1.29, 1.82) is 0 Å². The number of nitrogens with zero attached hydrogens (tertiary/aromatic N) is 3. The lowest BCUT2D eigenvalue weighted by Crippen LogP contribution is -2.47. The Hall–Kier alpha value is -3.02. The van der Waals surface area contributed by atoms with Crippen molar-refractivity contribution in [3.63, 3.8) is 0 Å². The summed E-state index contributed by atoms with van der Waals surface area (Å²) < 4.78 is 5.04. The van der Waals surface area contributed by atoms with Gasteiger partial charge in [0.05, 0.1) is 23.9 Å². The van der Waals surface area contributed by atoms with Gasteiger partial charge in [0, 0.05) is 30.7 Å². The molecule has 3 heterocycles. The lowest BCUT2D eigenvalue weighted by Gasteiger charge is -2.32. The molecule has 0 radical (unpaired) electrons. The fourth-order valence-electron chi connectivity index (χ4n) is 3.92. The quantitative estimate of drug-likeness (QED) is 0.435. The van der Waals surface area contributed by atoms with Crippen LogP contribution in [0.2, 0.25) is 0 Å². The third-order valence-corrected chi connectivity index (χ3v) is 7.97. The number of fused-ring (bicyclic) bond motifs is 3. The fraction of sp³-hybridized carbons (Fsp3) is 0.400. The van der Waals surface area contributed by atoms with Gasteiger partial charge in [-0.1, -0.05) is 36.9 Å². The summed E-state index contributed by atoms with van der Waals surface area (Å²) in [5, 5.41) is 7.86. The topological polar surface area (TPSA) is 112 Å². The Morgan fingerprint density at radius 1 is 1.19 bits per heavy atom. The first-order chi connectivity index (χ1) is 17.5. The minimum atomic E-state index is -0.815. The van der Waals surface area contributed by atoms with Crippen molar-refractivity contribution in [2.45, 2.75) is 44.0 Å². The van der Waals surface area contributed by atoms with Gasteiger partial charge in [-0.05, 0) is 36.4 Å². The highest BCUT2D eigenvalue weighted by atomic mass is 32.2. The number of ether oxygens (including phenoxy) is 1. The molecule has 0 bridgehead atoms. The maximum Gasteiger partial charge on any atom is 0.271 e. The van der Waals surface area contributed by atoms with E-state index >= 15 is 0 Å². The Morgan fingerprint density at radius 2 is 2.03 bits per heavy atom. The minimum Gasteiger partial charge on any atom is -0.385 e. The van der Waals surface area contributed by atoms with E-state index in [4.69, 9.17) is 9.73 Å². The van der Waals surface area contributed by atoms with Gasteiger partial charge in [-0.15, -0.1) is 11.3 Å². The van der Waals surface area contributed by atoms with E-state index in [0.29, 0.717) is 42.8 Å². The van der Waals surface area contributed by atoms with Crippen molar-refractivity contribution < 1.29 is 19.1 Å². The highest BCUT2D eigenvalue weighted by Crippen LogP contribution is 2.36. The molecule has 2 unspecified atom stereocenters. The lowest BCUT2D eigenvalue weighted by atomic mass is 10.1. The van der Waals surface area contributed by atoms with E-state index in [0.717, 1.165) is 16.9 Å². The molecule has 0 spiro atoms. The number of nitrogens with one attached hydrogen (secondary N) is 2. The van der Waals surface area contributed by atoms with Crippen molar-refractivity contribution in [2.75, 3.05) is 20.3 Å². The standard InChI is InChI=1S/C25H29N5O4S2/c1-3-20(24(33)26-11-7-12-34-2)36-25-28-18-10-5-4-9-17(18)22-29-23(32)19(30(22)25)14-21(31)27-15-16-8-6-13-35-16/h4-6,8-10,13,19-20H,3,7,11-12,14-15H2,1-2H3,(H,26,33)(H,27,31). The number of rotatable bonds is 11. The molecule has 2 aliphatic rings. The first kappa shape index (κ1) is 26.1. The number of hydrogen-bond acceptors (Lipinski definition) is 8. The molecular weight excluding hydrogens is 498 g/mol. The number of aliphatic imine (C=N–C) groups is 2. The van der Waals surface area contributed by atoms with Gasteiger partial charge >= 0.3 is 0 Å². The zero-order valence-corrected chi connectivity index (χ0v) is 21.9. The van der Waals surface area contributed by atoms with E-state index in [-0.39, 0.29) is 18.2 Å². The monoisotopic (exact) mass is 527 g/mol. The van der Waals surface area contributed by atoms with Crippen LogP contribution in [0.4, 0.5) is 5.69 Å². The molecule has 0 saturated carbocycles. The predicted molar refractivity (Wildman–Crippen MR) is 143 cm³/mol. The van der Waals surface area contributed by atoms with E-state index in [2.05, 4.69) is 15.6 Å². The van der Waals surface area contributed by atoms with Crippen LogP contribution in [-0.4, -0.2) is 65.2 Å². The minimum absolute atomic E-state index is 0.0566. The molecule has 3 amide bonds. The van der Waals surface area contributed by atoms with Crippen LogP contribution in [0.1, 0.15) is 36.6 Å². The number of carbonyl (C=O) groups excluding carboxylic acids is 3. The smallest absolute Gasteiger partial charge is 0.271 e. The second-order valence-electron chi connectivity index (χ2n) is 8.28. The van der Waals surface area contributed by atoms with Crippen molar-refractivity contribution in [3.05, 3.63) is 52.2 Å². The van der Waals surface area contributed by atoms with Gasteiger partial charge in [0.25, 0.3) is 5.91 Å². The van der Waals surface area contributed by atoms with Gasteiger partial charge in [-0.25, -0.2) is 4.99 Å². The van der Waals surface area contributed by atoms with Crippen LogP contribution in [0.3, 0.4) is 0 Å². The third-order valence-electron chi connectivity index (χ3n) is 5.76. The van der Waals surface area contributed by atoms with E-state index in [1.54, 1.807) is 23.3 Å². The van der Waals surface area contributed by atoms with Crippen LogP contribution in [0, 0.1) is 0 Å². The number of carbonyl (C=O) groups is 3. The second-order valence-corrected chi connectivity index (χ2v) is 10.5. The molecule has 190 valence electrons. The lowest BCUT2D eigenvalue weighted by molar-refractivity contribution is -0.126. The summed E-state index contributed by atoms with van der Waals surface area (Å²) in [7, 11) is 1.63. The molecule has 2 N–H and O–H groups in total. The Kier molecular flexibility index (Phi) is 8.89.